The Kier molecular flexibility index (Phi) is 7.02. The first-order valence-electron chi connectivity index (χ1n) is 15.8. The molecule has 0 unspecified atom stereocenters. The Morgan fingerprint density at radius 2 is 1.82 bits per heavy atom. The molecule has 9 heteroatoms. The van der Waals surface area contributed by atoms with Crippen LogP contribution in [0.4, 0.5) is 14.5 Å². The summed E-state index contributed by atoms with van der Waals surface area (Å²) < 4.78 is 46.4. The second-order valence-electron chi connectivity index (χ2n) is 14.0. The number of hydrogen-bond acceptors (Lipinski definition) is 6. The van der Waals surface area contributed by atoms with Crippen LogP contribution >= 0.6 is 0 Å². The minimum Gasteiger partial charge on any atom is -0.399 e. The van der Waals surface area contributed by atoms with E-state index in [4.69, 9.17) is 15.2 Å². The Labute approximate surface area is 261 Å². The molecule has 45 heavy (non-hydrogen) atoms. The number of ketones is 2. The summed E-state index contributed by atoms with van der Waals surface area (Å²) in [4.78, 5) is 23.8. The van der Waals surface area contributed by atoms with Gasteiger partial charge in [0.2, 0.25) is 0 Å². The lowest BCUT2D eigenvalue weighted by molar-refractivity contribution is -0.235. The fourth-order valence-electron chi connectivity index (χ4n) is 9.60. The molecule has 5 aliphatic rings. The summed E-state index contributed by atoms with van der Waals surface area (Å²) in [5, 5.41) is 21.9. The van der Waals surface area contributed by atoms with E-state index in [1.165, 1.54) is 18.2 Å². The number of alkyl halides is 2. The molecular weight excluding hydrogens is 580 g/mol. The summed E-state index contributed by atoms with van der Waals surface area (Å²) in [7, 11) is 0. The van der Waals surface area contributed by atoms with Gasteiger partial charge in [0.05, 0.1) is 12.2 Å². The molecule has 2 aromatic rings. The van der Waals surface area contributed by atoms with Crippen molar-refractivity contribution >= 4 is 17.3 Å². The number of aryl methyl sites for hydroxylation is 2. The summed E-state index contributed by atoms with van der Waals surface area (Å²) in [6, 6.07) is 15.5. The number of nitrogen functional groups attached to an aromatic ring is 1. The maximum Gasteiger partial charge on any atom is 0.339 e. The molecule has 7 rings (SSSR count). The van der Waals surface area contributed by atoms with Crippen molar-refractivity contribution in [3.8, 4) is 0 Å². The minimum atomic E-state index is -2.26. The first kappa shape index (κ1) is 30.4. The SMILES string of the molecule is C[C@]12C=CC(=[OH+])C=C1[C@@H](F)C[C@H]1[C@@H]3C[C@H]4O[C@H](c5ccc(CCc6cccc(N)c6)cc5)O[C@@]4(C(=O)CO)[C@@]3(C)C[C@H](O)[C@@]12F. The van der Waals surface area contributed by atoms with E-state index in [2.05, 4.69) is 0 Å². The summed E-state index contributed by atoms with van der Waals surface area (Å²) in [5.74, 6) is -2.29. The molecule has 4 fully saturated rings. The Bertz CT molecular complexity index is 1610. The third-order valence-electron chi connectivity index (χ3n) is 11.8. The molecule has 0 radical (unpaired) electrons. The number of aliphatic hydroxyl groups is 2. The second kappa shape index (κ2) is 10.4. The van der Waals surface area contributed by atoms with Crippen LogP contribution in [0.1, 0.15) is 56.1 Å². The van der Waals surface area contributed by atoms with Crippen LogP contribution in [0.2, 0.25) is 0 Å². The van der Waals surface area contributed by atoms with E-state index in [0.29, 0.717) is 5.56 Å². The molecule has 2 aromatic carbocycles. The van der Waals surface area contributed by atoms with Crippen LogP contribution in [0.25, 0.3) is 0 Å². The summed E-state index contributed by atoms with van der Waals surface area (Å²) in [6.45, 7) is 2.54. The summed E-state index contributed by atoms with van der Waals surface area (Å²) in [6.07, 6.45) is 0.684. The van der Waals surface area contributed by atoms with Gasteiger partial charge in [-0.15, -0.1) is 0 Å². The lowest BCUT2D eigenvalue weighted by Crippen LogP contribution is -2.70. The maximum atomic E-state index is 17.6. The second-order valence-corrected chi connectivity index (χ2v) is 14.0. The van der Waals surface area contributed by atoms with Gasteiger partial charge in [0, 0.05) is 40.2 Å². The molecule has 0 amide bonds. The molecule has 4 aliphatic carbocycles. The maximum absolute atomic E-state index is 17.6. The number of nitrogens with two attached hydrogens (primary N) is 1. The van der Waals surface area contributed by atoms with E-state index in [9.17, 15) is 19.8 Å². The van der Waals surface area contributed by atoms with Crippen molar-refractivity contribution in [1.29, 1.82) is 0 Å². The molecular formula is C36H40F2NO6+. The van der Waals surface area contributed by atoms with E-state index in [1.807, 2.05) is 48.5 Å². The van der Waals surface area contributed by atoms with Gasteiger partial charge in [-0.25, -0.2) is 8.78 Å². The van der Waals surface area contributed by atoms with Gasteiger partial charge in [0.1, 0.15) is 12.8 Å². The molecule has 238 valence electrons. The zero-order valence-corrected chi connectivity index (χ0v) is 25.5. The van der Waals surface area contributed by atoms with Crippen molar-refractivity contribution in [3.05, 3.63) is 89.0 Å². The number of allylic oxidation sites excluding steroid dienone is 4. The van der Waals surface area contributed by atoms with Gasteiger partial charge < -0.3 is 25.4 Å². The van der Waals surface area contributed by atoms with Gasteiger partial charge in [-0.2, -0.15) is 0 Å². The van der Waals surface area contributed by atoms with E-state index in [1.54, 1.807) is 13.8 Å². The van der Waals surface area contributed by atoms with Crippen LogP contribution < -0.4 is 5.73 Å². The molecule has 5 N–H and O–H groups in total. The molecule has 10 atom stereocenters. The Morgan fingerprint density at radius 3 is 2.53 bits per heavy atom. The number of carbonyl (C=O) groups excluding carboxylic acids is 2. The van der Waals surface area contributed by atoms with Gasteiger partial charge >= 0.3 is 5.78 Å². The molecule has 1 saturated heterocycles. The third kappa shape index (κ3) is 4.13. The molecule has 7 nitrogen and oxygen atoms in total. The highest BCUT2D eigenvalue weighted by molar-refractivity contribution is 6.02. The van der Waals surface area contributed by atoms with Crippen molar-refractivity contribution in [2.75, 3.05) is 12.3 Å². The van der Waals surface area contributed by atoms with E-state index in [-0.39, 0.29) is 30.6 Å². The Morgan fingerprint density at radius 1 is 1.09 bits per heavy atom. The predicted molar refractivity (Wildman–Crippen MR) is 164 cm³/mol. The molecule has 1 aliphatic heterocycles. The minimum absolute atomic E-state index is 0.104. The van der Waals surface area contributed by atoms with E-state index in [0.717, 1.165) is 29.7 Å². The quantitative estimate of drug-likeness (QED) is 0.319. The van der Waals surface area contributed by atoms with Crippen LogP contribution in [-0.2, 0) is 27.1 Å². The van der Waals surface area contributed by atoms with E-state index >= 15 is 8.78 Å². The monoisotopic (exact) mass is 620 g/mol. The molecule has 0 spiro atoms. The largest absolute Gasteiger partial charge is 0.399 e. The normalized spacial score (nSPS) is 41.6. The van der Waals surface area contributed by atoms with Crippen LogP contribution in [0.15, 0.2) is 72.3 Å². The zero-order chi connectivity index (χ0) is 31.9. The predicted octanol–water partition coefficient (Wildman–Crippen LogP) is 4.67. The third-order valence-corrected chi connectivity index (χ3v) is 11.8. The molecule has 0 aromatic heterocycles. The molecule has 3 saturated carbocycles. The number of benzene rings is 2. The Hall–Kier alpha value is -3.24. The van der Waals surface area contributed by atoms with Gasteiger partial charge in [0.15, 0.2) is 23.3 Å². The number of fused-ring (bicyclic) bond motifs is 7. The fraction of sp³-hybridized carbons (Fsp3) is 0.500. The number of hydrogen-bond donors (Lipinski definition) is 3. The van der Waals surface area contributed by atoms with Crippen LogP contribution in [0, 0.1) is 22.7 Å². The van der Waals surface area contributed by atoms with Crippen LogP contribution in [0.3, 0.4) is 0 Å². The van der Waals surface area contributed by atoms with Crippen molar-refractivity contribution in [2.24, 2.45) is 22.7 Å². The summed E-state index contributed by atoms with van der Waals surface area (Å²) >= 11 is 0. The lowest BCUT2D eigenvalue weighted by atomic mass is 9.44. The first-order valence-corrected chi connectivity index (χ1v) is 15.8. The molecule has 1 heterocycles. The van der Waals surface area contributed by atoms with Crippen LogP contribution in [-0.4, -0.2) is 62.8 Å². The number of Topliss-reactive ketones (excluding diaryl/α,β-unsaturated/α-hetero) is 1. The number of rotatable bonds is 6. The number of anilines is 1. The lowest BCUT2D eigenvalue weighted by Gasteiger charge is -2.63. The Balaban J connectivity index is 1.18. The number of aliphatic hydroxyl groups excluding tert-OH is 2. The highest BCUT2D eigenvalue weighted by Crippen LogP contribution is 2.72. The number of ether oxygens (including phenoxy) is 2. The average Bonchev–Trinajstić information content (AvgIpc) is 3.52. The van der Waals surface area contributed by atoms with Crippen molar-refractivity contribution in [1.82, 2.24) is 0 Å². The molecule has 0 bridgehead atoms. The first-order chi connectivity index (χ1) is 21.4. The highest BCUT2D eigenvalue weighted by atomic mass is 19.1. The highest BCUT2D eigenvalue weighted by Gasteiger charge is 2.80. The van der Waals surface area contributed by atoms with Gasteiger partial charge in [-0.3, -0.25) is 9.59 Å². The van der Waals surface area contributed by atoms with Crippen molar-refractivity contribution in [2.45, 2.75) is 81.9 Å². The standard InChI is InChI=1S/C36H39F2NO6/c1-33-13-12-24(41)15-27(33)28(37)16-26-25-17-31-36(30(43)19-40,34(25,2)18-29(42)35(26,33)38)45-32(44-31)22-10-8-20(9-11-22)6-7-21-4-3-5-23(39)14-21/h3-5,8-15,25-26,28-29,31-32,40,42H,6-7,16-19,39H2,1-2H3/p+1/t25-,26-,28-,29-,31+,32-,33-,34-,35-,36+/m0/s1. The topological polar surface area (TPSA) is 123 Å². The fourth-order valence-corrected chi connectivity index (χ4v) is 9.60. The van der Waals surface area contributed by atoms with Crippen molar-refractivity contribution < 1.29 is 38.1 Å². The van der Waals surface area contributed by atoms with Gasteiger partial charge in [-0.1, -0.05) is 49.4 Å². The zero-order valence-electron chi connectivity index (χ0n) is 25.5. The average molecular weight is 621 g/mol. The number of halogens is 2. The number of carbonyl (C=O) groups is 1. The van der Waals surface area contributed by atoms with Crippen LogP contribution in [0.5, 0.6) is 0 Å². The smallest absolute Gasteiger partial charge is 0.339 e. The van der Waals surface area contributed by atoms with Gasteiger partial charge in [-0.05, 0) is 73.8 Å². The summed E-state index contributed by atoms with van der Waals surface area (Å²) in [5.41, 5.74) is 3.13. The van der Waals surface area contributed by atoms with Crippen molar-refractivity contribution in [3.63, 3.8) is 0 Å². The van der Waals surface area contributed by atoms with E-state index < -0.39 is 71.0 Å². The van der Waals surface area contributed by atoms with Gasteiger partial charge in [0.25, 0.3) is 0 Å².